The van der Waals surface area contributed by atoms with Crippen LogP contribution in [0.15, 0.2) is 47.6 Å². The molecule has 1 aliphatic rings. The standard InChI is InChI=1S/C21H27ClN6O2/c1-2-23-21(26-12-11-25-20(30)16-6-3-4-8-18(16)29)27-15-9-13-28(14-15)19-17(22)7-5-10-24-19/h3-8,10,15,29H,2,9,11-14H2,1H3,(H,25,30)(H2,23,26,27). The van der Waals surface area contributed by atoms with Gasteiger partial charge in [-0.25, -0.2) is 4.98 Å². The highest BCUT2D eigenvalue weighted by Gasteiger charge is 2.25. The van der Waals surface area contributed by atoms with Crippen molar-refractivity contribution in [1.29, 1.82) is 0 Å². The molecule has 9 heteroatoms. The van der Waals surface area contributed by atoms with Crippen LogP contribution < -0.4 is 20.9 Å². The number of para-hydroxylation sites is 1. The van der Waals surface area contributed by atoms with Gasteiger partial charge in [0.25, 0.3) is 5.91 Å². The highest BCUT2D eigenvalue weighted by molar-refractivity contribution is 6.32. The monoisotopic (exact) mass is 430 g/mol. The summed E-state index contributed by atoms with van der Waals surface area (Å²) in [7, 11) is 0. The number of phenols is 1. The minimum Gasteiger partial charge on any atom is -0.507 e. The smallest absolute Gasteiger partial charge is 0.255 e. The van der Waals surface area contributed by atoms with E-state index < -0.39 is 0 Å². The third-order valence-corrected chi connectivity index (χ3v) is 5.02. The third-order valence-electron chi connectivity index (χ3n) is 4.73. The Kier molecular flexibility index (Phi) is 7.73. The highest BCUT2D eigenvalue weighted by atomic mass is 35.5. The summed E-state index contributed by atoms with van der Waals surface area (Å²) in [6.07, 6.45) is 2.69. The molecule has 1 unspecified atom stereocenters. The first-order valence-electron chi connectivity index (χ1n) is 10.0. The topological polar surface area (TPSA) is 102 Å². The largest absolute Gasteiger partial charge is 0.507 e. The molecule has 1 fully saturated rings. The van der Waals surface area contributed by atoms with Crippen LogP contribution in [-0.2, 0) is 0 Å². The number of phenolic OH excluding ortho intramolecular Hbond substituents is 1. The van der Waals surface area contributed by atoms with E-state index in [1.807, 2.05) is 19.1 Å². The van der Waals surface area contributed by atoms with E-state index in [0.717, 1.165) is 31.9 Å². The van der Waals surface area contributed by atoms with Crippen LogP contribution in [0.3, 0.4) is 0 Å². The number of rotatable bonds is 7. The van der Waals surface area contributed by atoms with Gasteiger partial charge in [0.05, 0.1) is 17.1 Å². The molecule has 30 heavy (non-hydrogen) atoms. The number of pyridine rings is 1. The molecule has 1 aromatic carbocycles. The van der Waals surface area contributed by atoms with Crippen molar-refractivity contribution in [3.05, 3.63) is 53.2 Å². The number of aromatic hydroxyl groups is 1. The summed E-state index contributed by atoms with van der Waals surface area (Å²) in [5.41, 5.74) is 0.255. The number of carbonyl (C=O) groups is 1. The minimum atomic E-state index is -0.320. The van der Waals surface area contributed by atoms with Crippen LogP contribution in [0.5, 0.6) is 5.75 Å². The van der Waals surface area contributed by atoms with Crippen molar-refractivity contribution in [2.75, 3.05) is 37.6 Å². The van der Waals surface area contributed by atoms with Crippen molar-refractivity contribution in [3.63, 3.8) is 0 Å². The first-order valence-corrected chi connectivity index (χ1v) is 10.4. The summed E-state index contributed by atoms with van der Waals surface area (Å²) >= 11 is 6.26. The molecular weight excluding hydrogens is 404 g/mol. The Morgan fingerprint density at radius 3 is 2.90 bits per heavy atom. The van der Waals surface area contributed by atoms with Crippen molar-refractivity contribution in [2.24, 2.45) is 4.99 Å². The number of hydrogen-bond donors (Lipinski definition) is 4. The zero-order valence-electron chi connectivity index (χ0n) is 16.9. The predicted molar refractivity (Wildman–Crippen MR) is 119 cm³/mol. The van der Waals surface area contributed by atoms with Crippen molar-refractivity contribution in [1.82, 2.24) is 20.9 Å². The van der Waals surface area contributed by atoms with Crippen LogP contribution >= 0.6 is 11.6 Å². The van der Waals surface area contributed by atoms with Gasteiger partial charge in [0.15, 0.2) is 5.96 Å². The molecule has 0 saturated carbocycles. The number of hydrogen-bond acceptors (Lipinski definition) is 5. The Hall–Kier alpha value is -3.00. The number of carbonyl (C=O) groups excluding carboxylic acids is 1. The zero-order valence-corrected chi connectivity index (χ0v) is 17.7. The van der Waals surface area contributed by atoms with Crippen LogP contribution in [0.1, 0.15) is 23.7 Å². The van der Waals surface area contributed by atoms with Gasteiger partial charge >= 0.3 is 0 Å². The van der Waals surface area contributed by atoms with Crippen molar-refractivity contribution in [3.8, 4) is 5.75 Å². The van der Waals surface area contributed by atoms with Gasteiger partial charge in [-0.1, -0.05) is 23.7 Å². The van der Waals surface area contributed by atoms with E-state index in [-0.39, 0.29) is 23.3 Å². The average Bonchev–Trinajstić information content (AvgIpc) is 3.20. The molecular formula is C21H27ClN6O2. The van der Waals surface area contributed by atoms with Crippen molar-refractivity contribution >= 4 is 29.3 Å². The van der Waals surface area contributed by atoms with Crippen LogP contribution in [0.25, 0.3) is 0 Å². The van der Waals surface area contributed by atoms with Gasteiger partial charge in [0.2, 0.25) is 0 Å². The molecule has 2 heterocycles. The summed E-state index contributed by atoms with van der Waals surface area (Å²) in [5, 5.41) is 19.8. The SMILES string of the molecule is CCNC(=NCCNC(=O)c1ccccc1O)NC1CCN(c2ncccc2Cl)C1. The number of nitrogens with one attached hydrogen (secondary N) is 3. The Morgan fingerprint density at radius 2 is 2.13 bits per heavy atom. The molecule has 1 amide bonds. The second-order valence-corrected chi connectivity index (χ2v) is 7.33. The number of guanidine groups is 1. The van der Waals surface area contributed by atoms with Gasteiger partial charge < -0.3 is 26.0 Å². The lowest BCUT2D eigenvalue weighted by Gasteiger charge is -2.20. The Morgan fingerprint density at radius 1 is 1.30 bits per heavy atom. The first kappa shape index (κ1) is 21.7. The fraction of sp³-hybridized carbons (Fsp3) is 0.381. The Labute approximate surface area is 181 Å². The molecule has 1 saturated heterocycles. The van der Waals surface area contributed by atoms with E-state index in [2.05, 4.69) is 30.8 Å². The van der Waals surface area contributed by atoms with Crippen molar-refractivity contribution < 1.29 is 9.90 Å². The number of nitrogens with zero attached hydrogens (tertiary/aromatic N) is 3. The quantitative estimate of drug-likeness (QED) is 0.304. The maximum absolute atomic E-state index is 12.1. The number of aliphatic imine (C=N–C) groups is 1. The van der Waals surface area contributed by atoms with E-state index >= 15 is 0 Å². The average molecular weight is 431 g/mol. The normalized spacial score (nSPS) is 16.4. The molecule has 0 radical (unpaired) electrons. The maximum atomic E-state index is 12.1. The highest BCUT2D eigenvalue weighted by Crippen LogP contribution is 2.25. The van der Waals surface area contributed by atoms with Gasteiger partial charge in [-0.3, -0.25) is 9.79 Å². The van der Waals surface area contributed by atoms with Crippen LogP contribution in [0, 0.1) is 0 Å². The summed E-state index contributed by atoms with van der Waals surface area (Å²) in [6, 6.07) is 10.4. The molecule has 160 valence electrons. The molecule has 3 rings (SSSR count). The number of benzene rings is 1. The fourth-order valence-electron chi connectivity index (χ4n) is 3.29. The van der Waals surface area contributed by atoms with Crippen LogP contribution in [-0.4, -0.2) is 60.7 Å². The molecule has 0 spiro atoms. The molecule has 1 aliphatic heterocycles. The van der Waals surface area contributed by atoms with E-state index in [9.17, 15) is 9.90 Å². The fourth-order valence-corrected chi connectivity index (χ4v) is 3.53. The van der Waals surface area contributed by atoms with E-state index in [1.165, 1.54) is 6.07 Å². The predicted octanol–water partition coefficient (Wildman–Crippen LogP) is 2.00. The Bertz CT molecular complexity index is 891. The summed E-state index contributed by atoms with van der Waals surface area (Å²) < 4.78 is 0. The van der Waals surface area contributed by atoms with Gasteiger partial charge in [-0.05, 0) is 37.6 Å². The molecule has 8 nitrogen and oxygen atoms in total. The van der Waals surface area contributed by atoms with Gasteiger partial charge in [-0.15, -0.1) is 0 Å². The number of aromatic nitrogens is 1. The lowest BCUT2D eigenvalue weighted by molar-refractivity contribution is 0.0952. The lowest BCUT2D eigenvalue weighted by atomic mass is 10.2. The van der Waals surface area contributed by atoms with E-state index in [1.54, 1.807) is 24.4 Å². The second-order valence-electron chi connectivity index (χ2n) is 6.92. The van der Waals surface area contributed by atoms with E-state index in [0.29, 0.717) is 24.1 Å². The summed E-state index contributed by atoms with van der Waals surface area (Å²) in [6.45, 7) is 5.17. The second kappa shape index (κ2) is 10.7. The maximum Gasteiger partial charge on any atom is 0.255 e. The van der Waals surface area contributed by atoms with Gasteiger partial charge in [0, 0.05) is 38.4 Å². The summed E-state index contributed by atoms with van der Waals surface area (Å²) in [5.74, 6) is 1.15. The van der Waals surface area contributed by atoms with Crippen LogP contribution in [0.4, 0.5) is 5.82 Å². The van der Waals surface area contributed by atoms with Crippen LogP contribution in [0.2, 0.25) is 5.02 Å². The van der Waals surface area contributed by atoms with E-state index in [4.69, 9.17) is 11.6 Å². The first-order chi connectivity index (χ1) is 14.6. The number of halogens is 1. The molecule has 1 aromatic heterocycles. The molecule has 0 bridgehead atoms. The van der Waals surface area contributed by atoms with Gasteiger partial charge in [-0.2, -0.15) is 0 Å². The number of amides is 1. The third kappa shape index (κ3) is 5.76. The Balaban J connectivity index is 1.49. The zero-order chi connectivity index (χ0) is 21.3. The molecule has 1 atom stereocenters. The number of anilines is 1. The molecule has 2 aromatic rings. The van der Waals surface area contributed by atoms with Crippen molar-refractivity contribution in [2.45, 2.75) is 19.4 Å². The molecule has 4 N–H and O–H groups in total. The lowest BCUT2D eigenvalue weighted by Crippen LogP contribution is -2.45. The van der Waals surface area contributed by atoms with Gasteiger partial charge in [0.1, 0.15) is 11.6 Å². The minimum absolute atomic E-state index is 0.0349. The molecule has 0 aliphatic carbocycles. The summed E-state index contributed by atoms with van der Waals surface area (Å²) in [4.78, 5) is 23.2.